The molecule has 3 aliphatic rings. The minimum Gasteiger partial charge on any atom is -0.450 e. The number of hydrogen-bond acceptors (Lipinski definition) is 9. The van der Waals surface area contributed by atoms with Crippen molar-refractivity contribution in [3.05, 3.63) is 40.4 Å². The fourth-order valence-corrected chi connectivity index (χ4v) is 5.81. The molecular weight excluding hydrogens is 536 g/mol. The second-order valence-electron chi connectivity index (χ2n) is 11.5. The summed E-state index contributed by atoms with van der Waals surface area (Å²) in [6, 6.07) is 5.77. The van der Waals surface area contributed by atoms with E-state index in [0.717, 1.165) is 77.8 Å². The first-order chi connectivity index (χ1) is 20.4. The normalized spacial score (nSPS) is 20.5. The number of hydrogen-bond donors (Lipinski definition) is 5. The van der Waals surface area contributed by atoms with Crippen molar-refractivity contribution >= 4 is 23.4 Å². The van der Waals surface area contributed by atoms with Crippen molar-refractivity contribution < 1.29 is 9.53 Å². The number of rotatable bonds is 11. The topological polar surface area (TPSA) is 168 Å². The highest BCUT2D eigenvalue weighted by atomic mass is 16.5. The van der Waals surface area contributed by atoms with Crippen LogP contribution in [-0.4, -0.2) is 96.7 Å². The van der Waals surface area contributed by atoms with Gasteiger partial charge in [0.25, 0.3) is 5.91 Å². The second-order valence-corrected chi connectivity index (χ2v) is 11.5. The number of benzene rings is 1. The number of aromatic nitrogens is 2. The molecule has 1 saturated heterocycles. The number of nitrogens with two attached hydrogens (primary N) is 2. The van der Waals surface area contributed by atoms with Crippen LogP contribution in [0.4, 0.5) is 11.5 Å². The molecule has 1 aromatic carbocycles. The van der Waals surface area contributed by atoms with Crippen LogP contribution in [0.1, 0.15) is 54.9 Å². The Hall–Kier alpha value is -3.68. The zero-order chi connectivity index (χ0) is 29.5. The number of guanidine groups is 1. The highest BCUT2D eigenvalue weighted by Crippen LogP contribution is 2.41. The molecule has 1 saturated carbocycles. The molecule has 0 unspecified atom stereocenters. The van der Waals surface area contributed by atoms with Gasteiger partial charge in [-0.3, -0.25) is 14.4 Å². The number of ether oxygens (including phenoxy) is 1. The molecule has 0 radical (unpaired) electrons. The van der Waals surface area contributed by atoms with E-state index in [1.165, 1.54) is 0 Å². The molecule has 13 nitrogen and oxygen atoms in total. The summed E-state index contributed by atoms with van der Waals surface area (Å²) in [6.07, 6.45) is 7.24. The van der Waals surface area contributed by atoms with Crippen molar-refractivity contribution in [1.29, 1.82) is 0 Å². The van der Waals surface area contributed by atoms with Crippen LogP contribution in [0, 0.1) is 0 Å². The van der Waals surface area contributed by atoms with Gasteiger partial charge in [-0.15, -0.1) is 0 Å². The van der Waals surface area contributed by atoms with Gasteiger partial charge < -0.3 is 42.0 Å². The number of carbonyl (C=O) groups excluding carboxylic acids is 1. The molecule has 5 rings (SSSR count). The molecule has 2 aromatic rings. The van der Waals surface area contributed by atoms with Gasteiger partial charge >= 0.3 is 5.69 Å². The Kier molecular flexibility index (Phi) is 9.93. The third-order valence-electron chi connectivity index (χ3n) is 8.32. The van der Waals surface area contributed by atoms with E-state index in [9.17, 15) is 9.59 Å². The van der Waals surface area contributed by atoms with E-state index in [1.54, 1.807) is 29.0 Å². The first kappa shape index (κ1) is 29.8. The zero-order valence-electron chi connectivity index (χ0n) is 24.5. The van der Waals surface area contributed by atoms with Crippen LogP contribution < -0.4 is 37.8 Å². The molecule has 2 aliphatic heterocycles. The first-order valence-corrected chi connectivity index (χ1v) is 15.1. The maximum atomic E-state index is 13.0. The third kappa shape index (κ3) is 7.78. The van der Waals surface area contributed by atoms with Crippen LogP contribution >= 0.6 is 0 Å². The van der Waals surface area contributed by atoms with Crippen molar-refractivity contribution in [2.75, 3.05) is 64.7 Å². The van der Waals surface area contributed by atoms with Crippen LogP contribution in [0.25, 0.3) is 0 Å². The van der Waals surface area contributed by atoms with Crippen LogP contribution in [0.3, 0.4) is 0 Å². The maximum absolute atomic E-state index is 13.0. The molecule has 228 valence electrons. The standard InChI is InChI=1S/C29H44N10O3/c1-37-14-16-38(17-15-37)13-3-12-33-27(40)20-4-9-24-23(18-20)35-26-25(42-24)19-39(29(41)36-26)22-7-5-21(6-8-22)32-10-2-11-34-28(30)31/h4,9,18-19,21-22,32H,2-3,5-8,10-17H2,1H3,(H,33,40)(H4,30,31,34)(H,35,36,41). The van der Waals surface area contributed by atoms with Gasteiger partial charge in [0.1, 0.15) is 0 Å². The quantitative estimate of drug-likeness (QED) is 0.126. The van der Waals surface area contributed by atoms with Crippen LogP contribution in [0.5, 0.6) is 11.5 Å². The lowest BCUT2D eigenvalue weighted by Gasteiger charge is -2.32. The Morgan fingerprint density at radius 1 is 1.10 bits per heavy atom. The van der Waals surface area contributed by atoms with Gasteiger partial charge in [-0.1, -0.05) is 0 Å². The predicted octanol–water partition coefficient (Wildman–Crippen LogP) is 1.20. The van der Waals surface area contributed by atoms with E-state index in [4.69, 9.17) is 16.2 Å². The van der Waals surface area contributed by atoms with Crippen LogP contribution in [0.15, 0.2) is 34.2 Å². The number of likely N-dealkylation sites (N-methyl/N-ethyl adjacent to an activating group) is 1. The summed E-state index contributed by atoms with van der Waals surface area (Å²) in [5.74, 6) is 1.45. The average molecular weight is 581 g/mol. The summed E-state index contributed by atoms with van der Waals surface area (Å²) >= 11 is 0. The number of nitrogens with zero attached hydrogens (tertiary/aromatic N) is 5. The van der Waals surface area contributed by atoms with E-state index < -0.39 is 0 Å². The van der Waals surface area contributed by atoms with Gasteiger partial charge in [-0.2, -0.15) is 4.98 Å². The van der Waals surface area contributed by atoms with Gasteiger partial charge in [0.05, 0.1) is 11.9 Å². The molecule has 13 heteroatoms. The molecule has 0 bridgehead atoms. The zero-order valence-corrected chi connectivity index (χ0v) is 24.5. The lowest BCUT2D eigenvalue weighted by Crippen LogP contribution is -2.45. The Morgan fingerprint density at radius 2 is 1.88 bits per heavy atom. The van der Waals surface area contributed by atoms with Gasteiger partial charge in [0.15, 0.2) is 23.3 Å². The monoisotopic (exact) mass is 580 g/mol. The number of carbonyl (C=O) groups is 1. The van der Waals surface area contributed by atoms with Gasteiger partial charge in [0, 0.05) is 56.9 Å². The molecule has 1 aliphatic carbocycles. The summed E-state index contributed by atoms with van der Waals surface area (Å²) in [5, 5.41) is 9.77. The summed E-state index contributed by atoms with van der Waals surface area (Å²) in [5.41, 5.74) is 11.6. The average Bonchev–Trinajstić information content (AvgIpc) is 2.98. The Bertz CT molecular complexity index is 1310. The fraction of sp³-hybridized carbons (Fsp3) is 0.586. The minimum absolute atomic E-state index is 0.0716. The van der Waals surface area contributed by atoms with Crippen molar-refractivity contribution in [2.24, 2.45) is 16.5 Å². The Balaban J connectivity index is 1.11. The van der Waals surface area contributed by atoms with Gasteiger partial charge in [0.2, 0.25) is 0 Å². The van der Waals surface area contributed by atoms with Crippen molar-refractivity contribution in [3.63, 3.8) is 0 Å². The molecule has 7 N–H and O–H groups in total. The SMILES string of the molecule is CN1CCN(CCCNC(=O)c2ccc3c(c2)Nc2nc(=O)n(C4CCC(NCCCN=C(N)N)CC4)cc2O3)CC1. The van der Waals surface area contributed by atoms with E-state index in [2.05, 4.69) is 42.8 Å². The summed E-state index contributed by atoms with van der Waals surface area (Å²) < 4.78 is 7.82. The largest absolute Gasteiger partial charge is 0.450 e. The fourth-order valence-electron chi connectivity index (χ4n) is 5.81. The second kappa shape index (κ2) is 14.0. The van der Waals surface area contributed by atoms with Gasteiger partial charge in [-0.25, -0.2) is 4.79 Å². The molecular formula is C29H44N10O3. The first-order valence-electron chi connectivity index (χ1n) is 15.1. The van der Waals surface area contributed by atoms with Gasteiger partial charge in [-0.05, 0) is 76.9 Å². The number of aliphatic imine (C=N–C) groups is 1. The van der Waals surface area contributed by atoms with Crippen LogP contribution in [-0.2, 0) is 0 Å². The molecule has 2 fully saturated rings. The molecule has 1 aromatic heterocycles. The Morgan fingerprint density at radius 3 is 2.64 bits per heavy atom. The highest BCUT2D eigenvalue weighted by Gasteiger charge is 2.26. The van der Waals surface area contributed by atoms with Crippen molar-refractivity contribution in [1.82, 2.24) is 30.0 Å². The lowest BCUT2D eigenvalue weighted by atomic mass is 9.91. The highest BCUT2D eigenvalue weighted by molar-refractivity contribution is 5.96. The van der Waals surface area contributed by atoms with E-state index >= 15 is 0 Å². The Labute approximate surface area is 246 Å². The number of amides is 1. The summed E-state index contributed by atoms with van der Waals surface area (Å²) in [4.78, 5) is 38.8. The minimum atomic E-state index is -0.309. The molecule has 1 amide bonds. The number of piperazine rings is 1. The number of nitrogens with one attached hydrogen (secondary N) is 3. The van der Waals surface area contributed by atoms with E-state index in [-0.39, 0.29) is 23.6 Å². The number of fused-ring (bicyclic) bond motifs is 2. The third-order valence-corrected chi connectivity index (χ3v) is 8.32. The van der Waals surface area contributed by atoms with Crippen molar-refractivity contribution in [3.8, 4) is 11.5 Å². The van der Waals surface area contributed by atoms with Crippen molar-refractivity contribution in [2.45, 2.75) is 50.6 Å². The molecule has 42 heavy (non-hydrogen) atoms. The molecule has 3 heterocycles. The maximum Gasteiger partial charge on any atom is 0.350 e. The predicted molar refractivity (Wildman–Crippen MR) is 164 cm³/mol. The summed E-state index contributed by atoms with van der Waals surface area (Å²) in [6.45, 7) is 7.39. The molecule has 0 spiro atoms. The van der Waals surface area contributed by atoms with E-state index in [0.29, 0.717) is 47.7 Å². The number of anilines is 2. The van der Waals surface area contributed by atoms with Crippen LogP contribution in [0.2, 0.25) is 0 Å². The lowest BCUT2D eigenvalue weighted by molar-refractivity contribution is 0.0949. The summed E-state index contributed by atoms with van der Waals surface area (Å²) in [7, 11) is 2.15. The smallest absolute Gasteiger partial charge is 0.350 e. The molecule has 0 atom stereocenters. The van der Waals surface area contributed by atoms with E-state index in [1.807, 2.05) is 0 Å².